The average molecular weight is 331 g/mol. The van der Waals surface area contributed by atoms with Gasteiger partial charge in [0, 0.05) is 24.8 Å². The third kappa shape index (κ3) is 8.23. The van der Waals surface area contributed by atoms with Gasteiger partial charge in [0.05, 0.1) is 6.10 Å². The first-order valence-corrected chi connectivity index (χ1v) is 8.14. The lowest BCUT2D eigenvalue weighted by molar-refractivity contribution is -0.137. The predicted octanol–water partition coefficient (Wildman–Crippen LogP) is 2.96. The summed E-state index contributed by atoms with van der Waals surface area (Å²) in [5.74, 6) is 5.83. The second-order valence-corrected chi connectivity index (χ2v) is 5.88. The summed E-state index contributed by atoms with van der Waals surface area (Å²) < 4.78 is 5.91. The summed E-state index contributed by atoms with van der Waals surface area (Å²) in [6.07, 6.45) is 2.25. The van der Waals surface area contributed by atoms with Crippen molar-refractivity contribution in [1.29, 1.82) is 0 Å². The fourth-order valence-electron chi connectivity index (χ4n) is 2.08. The van der Waals surface area contributed by atoms with E-state index in [1.807, 2.05) is 38.1 Å². The van der Waals surface area contributed by atoms with E-state index in [4.69, 9.17) is 15.6 Å². The molecule has 1 rings (SSSR count). The highest BCUT2D eigenvalue weighted by Gasteiger charge is 2.14. The van der Waals surface area contributed by atoms with Crippen LogP contribution in [0.2, 0.25) is 0 Å². The van der Waals surface area contributed by atoms with E-state index >= 15 is 0 Å². The third-order valence-electron chi connectivity index (χ3n) is 3.73. The minimum absolute atomic E-state index is 0.0388. The molecule has 5 heteroatoms. The molecule has 0 unspecified atom stereocenters. The lowest BCUT2D eigenvalue weighted by Gasteiger charge is -2.21. The molecular weight excluding hydrogens is 306 g/mol. The fourth-order valence-corrected chi connectivity index (χ4v) is 2.08. The first kappa shape index (κ1) is 19.6. The normalized spacial score (nSPS) is 12.6. The summed E-state index contributed by atoms with van der Waals surface area (Å²) in [6, 6.07) is 7.49. The second kappa shape index (κ2) is 10.3. The molecular formula is C19H25NO4. The number of aliphatic carboxylic acids is 1. The second-order valence-electron chi connectivity index (χ2n) is 5.88. The van der Waals surface area contributed by atoms with Gasteiger partial charge in [-0.05, 0) is 43.9 Å². The van der Waals surface area contributed by atoms with Gasteiger partial charge in [0.15, 0.2) is 0 Å². The molecule has 2 atom stereocenters. The summed E-state index contributed by atoms with van der Waals surface area (Å²) in [6.45, 7) is 4.00. The molecule has 24 heavy (non-hydrogen) atoms. The maximum Gasteiger partial charge on any atom is 0.303 e. The maximum absolute atomic E-state index is 10.8. The lowest BCUT2D eigenvalue weighted by Crippen LogP contribution is -2.23. The summed E-state index contributed by atoms with van der Waals surface area (Å²) in [5.41, 5.74) is 6.00. The summed E-state index contributed by atoms with van der Waals surface area (Å²) in [4.78, 5) is 21.3. The molecule has 0 aliphatic carbocycles. The number of carboxylic acid groups (broad SMARTS) is 1. The highest BCUT2D eigenvalue weighted by Crippen LogP contribution is 2.19. The van der Waals surface area contributed by atoms with Crippen molar-refractivity contribution in [2.24, 2.45) is 11.7 Å². The molecule has 0 aromatic heterocycles. The van der Waals surface area contributed by atoms with Crippen molar-refractivity contribution < 1.29 is 19.4 Å². The van der Waals surface area contributed by atoms with Crippen LogP contribution in [-0.2, 0) is 9.59 Å². The average Bonchev–Trinajstić information content (AvgIpc) is 2.52. The number of carboxylic acids is 1. The van der Waals surface area contributed by atoms with E-state index in [2.05, 4.69) is 11.8 Å². The van der Waals surface area contributed by atoms with Gasteiger partial charge in [-0.15, -0.1) is 0 Å². The molecule has 130 valence electrons. The number of hydrogen-bond acceptors (Lipinski definition) is 3. The molecule has 5 nitrogen and oxygen atoms in total. The highest BCUT2D eigenvalue weighted by atomic mass is 16.5. The number of carbonyl (C=O) groups excluding carboxylic acids is 1. The van der Waals surface area contributed by atoms with Gasteiger partial charge in [0.2, 0.25) is 5.91 Å². The molecule has 0 saturated carbocycles. The number of rotatable bonds is 9. The van der Waals surface area contributed by atoms with Crippen LogP contribution in [-0.4, -0.2) is 23.1 Å². The van der Waals surface area contributed by atoms with Gasteiger partial charge in [-0.25, -0.2) is 0 Å². The molecule has 1 amide bonds. The molecule has 0 heterocycles. The molecule has 0 bridgehead atoms. The maximum atomic E-state index is 10.8. The zero-order valence-corrected chi connectivity index (χ0v) is 14.2. The molecule has 0 radical (unpaired) electrons. The number of ether oxygens (including phenoxy) is 1. The number of hydrogen-bond donors (Lipinski definition) is 2. The molecule has 1 aromatic carbocycles. The number of amides is 1. The van der Waals surface area contributed by atoms with E-state index in [-0.39, 0.29) is 24.3 Å². The van der Waals surface area contributed by atoms with Crippen molar-refractivity contribution >= 4 is 11.9 Å². The highest BCUT2D eigenvalue weighted by molar-refractivity contribution is 5.73. The van der Waals surface area contributed by atoms with Crippen molar-refractivity contribution in [3.63, 3.8) is 0 Å². The van der Waals surface area contributed by atoms with Gasteiger partial charge >= 0.3 is 5.97 Å². The lowest BCUT2D eigenvalue weighted by atomic mass is 10.00. The Morgan fingerprint density at radius 2 is 2.04 bits per heavy atom. The van der Waals surface area contributed by atoms with Crippen LogP contribution in [0.1, 0.15) is 51.5 Å². The van der Waals surface area contributed by atoms with Crippen LogP contribution < -0.4 is 10.5 Å². The van der Waals surface area contributed by atoms with E-state index in [1.54, 1.807) is 0 Å². The number of primary amides is 1. The van der Waals surface area contributed by atoms with Crippen LogP contribution in [0.3, 0.4) is 0 Å². The number of benzene rings is 1. The smallest absolute Gasteiger partial charge is 0.303 e. The van der Waals surface area contributed by atoms with Gasteiger partial charge < -0.3 is 15.6 Å². The Morgan fingerprint density at radius 1 is 1.29 bits per heavy atom. The largest absolute Gasteiger partial charge is 0.490 e. The van der Waals surface area contributed by atoms with Crippen LogP contribution in [0.25, 0.3) is 0 Å². The van der Waals surface area contributed by atoms with Crippen molar-refractivity contribution in [1.82, 2.24) is 0 Å². The van der Waals surface area contributed by atoms with E-state index in [0.717, 1.165) is 11.3 Å². The van der Waals surface area contributed by atoms with Gasteiger partial charge in [-0.1, -0.05) is 24.8 Å². The summed E-state index contributed by atoms with van der Waals surface area (Å²) >= 11 is 0. The Hall–Kier alpha value is -2.48. The molecule has 0 saturated heterocycles. The molecule has 3 N–H and O–H groups in total. The van der Waals surface area contributed by atoms with Crippen LogP contribution >= 0.6 is 0 Å². The first-order valence-electron chi connectivity index (χ1n) is 8.14. The first-order chi connectivity index (χ1) is 11.4. The van der Waals surface area contributed by atoms with E-state index < -0.39 is 5.97 Å². The van der Waals surface area contributed by atoms with Crippen molar-refractivity contribution in [3.05, 3.63) is 29.8 Å². The van der Waals surface area contributed by atoms with Gasteiger partial charge in [-0.3, -0.25) is 9.59 Å². The minimum Gasteiger partial charge on any atom is -0.490 e. The third-order valence-corrected chi connectivity index (χ3v) is 3.73. The van der Waals surface area contributed by atoms with Gasteiger partial charge in [-0.2, -0.15) is 0 Å². The fraction of sp³-hybridized carbons (Fsp3) is 0.474. The zero-order chi connectivity index (χ0) is 17.9. The standard InChI is InChI=1S/C19H25NO4/c1-14(11-12-18(20)21)15(2)24-17-9-6-8-16(13-17)7-4-3-5-10-19(22)23/h6,8-9,13-15H,3,5,10-12H2,1-2H3,(H2,20,21)(H,22,23)/t14-,15+/m0/s1. The van der Waals surface area contributed by atoms with E-state index in [1.165, 1.54) is 0 Å². The molecule has 0 aliphatic heterocycles. The van der Waals surface area contributed by atoms with Crippen LogP contribution in [0.15, 0.2) is 24.3 Å². The Kier molecular flexibility index (Phi) is 8.42. The van der Waals surface area contributed by atoms with Crippen LogP contribution in [0, 0.1) is 17.8 Å². The number of carbonyl (C=O) groups is 2. The Balaban J connectivity index is 2.54. The Morgan fingerprint density at radius 3 is 2.71 bits per heavy atom. The van der Waals surface area contributed by atoms with Crippen molar-refractivity contribution in [2.45, 2.75) is 52.1 Å². The van der Waals surface area contributed by atoms with Crippen LogP contribution in [0.4, 0.5) is 0 Å². The van der Waals surface area contributed by atoms with Gasteiger partial charge in [0.1, 0.15) is 5.75 Å². The monoisotopic (exact) mass is 331 g/mol. The predicted molar refractivity (Wildman–Crippen MR) is 92.5 cm³/mol. The molecule has 1 aromatic rings. The van der Waals surface area contributed by atoms with E-state index in [0.29, 0.717) is 25.7 Å². The molecule has 0 aliphatic rings. The molecule has 0 spiro atoms. The SMILES string of the molecule is C[C@@H](CCC(N)=O)[C@@H](C)Oc1cccc(C#CCCCC(=O)O)c1. The topological polar surface area (TPSA) is 89.6 Å². The quantitative estimate of drug-likeness (QED) is 0.538. The summed E-state index contributed by atoms with van der Waals surface area (Å²) in [7, 11) is 0. The van der Waals surface area contributed by atoms with Crippen LogP contribution in [0.5, 0.6) is 5.75 Å². The van der Waals surface area contributed by atoms with E-state index in [9.17, 15) is 9.59 Å². The molecule has 0 fully saturated rings. The Labute approximate surface area is 143 Å². The summed E-state index contributed by atoms with van der Waals surface area (Å²) in [5, 5.41) is 8.57. The minimum atomic E-state index is -0.799. The zero-order valence-electron chi connectivity index (χ0n) is 14.2. The van der Waals surface area contributed by atoms with Gasteiger partial charge in [0.25, 0.3) is 0 Å². The van der Waals surface area contributed by atoms with Crippen molar-refractivity contribution in [2.75, 3.05) is 0 Å². The number of unbranched alkanes of at least 4 members (excludes halogenated alkanes) is 1. The number of nitrogens with two attached hydrogens (primary N) is 1. The Bertz CT molecular complexity index is 615. The van der Waals surface area contributed by atoms with Crippen molar-refractivity contribution in [3.8, 4) is 17.6 Å².